The van der Waals surface area contributed by atoms with E-state index in [9.17, 15) is 9.59 Å². The Morgan fingerprint density at radius 3 is 2.50 bits per heavy atom. The fourth-order valence-corrected chi connectivity index (χ4v) is 2.77. The summed E-state index contributed by atoms with van der Waals surface area (Å²) >= 11 is 12.2. The van der Waals surface area contributed by atoms with Crippen LogP contribution in [0.1, 0.15) is 26.4 Å². The molecule has 0 aliphatic carbocycles. The molecule has 0 unspecified atom stereocenters. The number of oxime groups is 1. The highest BCUT2D eigenvalue weighted by Gasteiger charge is 2.22. The van der Waals surface area contributed by atoms with Crippen molar-refractivity contribution in [2.24, 2.45) is 5.16 Å². The number of carbonyl (C=O) groups excluding carboxylic acids is 2. The number of rotatable bonds is 5. The summed E-state index contributed by atoms with van der Waals surface area (Å²) in [6.07, 6.45) is 1.13. The van der Waals surface area contributed by atoms with Gasteiger partial charge in [0.25, 0.3) is 0 Å². The van der Waals surface area contributed by atoms with E-state index >= 15 is 0 Å². The Balaban J connectivity index is 1.90. The molecule has 0 N–H and O–H groups in total. The van der Waals surface area contributed by atoms with Crippen LogP contribution in [0, 0.1) is 0 Å². The quantitative estimate of drug-likeness (QED) is 0.269. The lowest BCUT2D eigenvalue weighted by Gasteiger charge is -2.01. The molecule has 0 spiro atoms. The van der Waals surface area contributed by atoms with Crippen LogP contribution in [0.3, 0.4) is 0 Å². The van der Waals surface area contributed by atoms with Crippen LogP contribution in [0.2, 0.25) is 10.2 Å². The number of ether oxygens (including phenoxy) is 1. The van der Waals surface area contributed by atoms with Crippen molar-refractivity contribution >= 4 is 41.4 Å². The summed E-state index contributed by atoms with van der Waals surface area (Å²) in [5.41, 5.74) is 0.937. The van der Waals surface area contributed by atoms with E-state index in [-0.39, 0.29) is 22.0 Å². The van der Waals surface area contributed by atoms with Crippen LogP contribution in [-0.4, -0.2) is 35.0 Å². The minimum Gasteiger partial charge on any atom is -0.464 e. The molecular formula is C19H13Cl2N3O4. The zero-order valence-corrected chi connectivity index (χ0v) is 16.0. The molecule has 3 rings (SSSR count). The number of esters is 1. The molecule has 1 aromatic heterocycles. The molecule has 0 atom stereocenters. The smallest absolute Gasteiger partial charge is 0.365 e. The molecule has 9 heteroatoms. The van der Waals surface area contributed by atoms with Crippen molar-refractivity contribution in [1.29, 1.82) is 0 Å². The minimum atomic E-state index is -0.718. The van der Waals surface area contributed by atoms with E-state index in [1.54, 1.807) is 36.4 Å². The minimum absolute atomic E-state index is 0.0705. The fourth-order valence-electron chi connectivity index (χ4n) is 2.31. The Hall–Kier alpha value is -3.16. The van der Waals surface area contributed by atoms with Gasteiger partial charge in [-0.15, -0.1) is 0 Å². The molecule has 1 heterocycles. The maximum atomic E-state index is 12.0. The number of methoxy groups -OCH3 is 1. The Bertz CT molecular complexity index is 1050. The van der Waals surface area contributed by atoms with Gasteiger partial charge in [-0.05, 0) is 30.3 Å². The molecule has 0 fully saturated rings. The second kappa shape index (κ2) is 8.69. The predicted molar refractivity (Wildman–Crippen MR) is 104 cm³/mol. The first-order chi connectivity index (χ1) is 13.5. The maximum Gasteiger partial charge on any atom is 0.365 e. The van der Waals surface area contributed by atoms with E-state index in [4.69, 9.17) is 32.8 Å². The number of hydrogen-bond acceptors (Lipinski definition) is 6. The van der Waals surface area contributed by atoms with E-state index in [2.05, 4.69) is 10.3 Å². The second-order valence-corrected chi connectivity index (χ2v) is 6.21. The first kappa shape index (κ1) is 19.6. The molecule has 0 aliphatic heterocycles. The van der Waals surface area contributed by atoms with E-state index < -0.39 is 11.9 Å². The molecule has 0 saturated carbocycles. The van der Waals surface area contributed by atoms with Gasteiger partial charge in [0.05, 0.1) is 30.1 Å². The monoisotopic (exact) mass is 417 g/mol. The Morgan fingerprint density at radius 1 is 1.07 bits per heavy atom. The normalized spacial score (nSPS) is 10.8. The third kappa shape index (κ3) is 4.21. The summed E-state index contributed by atoms with van der Waals surface area (Å²) in [4.78, 5) is 28.9. The third-order valence-electron chi connectivity index (χ3n) is 3.62. The van der Waals surface area contributed by atoms with Crippen LogP contribution in [0.5, 0.6) is 0 Å². The van der Waals surface area contributed by atoms with Gasteiger partial charge in [-0.2, -0.15) is 5.10 Å². The van der Waals surface area contributed by atoms with Crippen LogP contribution >= 0.6 is 23.2 Å². The summed E-state index contributed by atoms with van der Waals surface area (Å²) < 4.78 is 6.09. The molecule has 0 amide bonds. The molecule has 3 aromatic rings. The standard InChI is InChI=1S/C19H13Cl2N3O4/c1-27-19(26)16-15(17(21)24(23-16)14-8-3-2-4-9-14)11-22-28-18(25)12-6-5-7-13(20)10-12/h2-11H,1H3/b22-11-. The highest BCUT2D eigenvalue weighted by Crippen LogP contribution is 2.23. The summed E-state index contributed by atoms with van der Waals surface area (Å²) in [5, 5.41) is 8.30. The fraction of sp³-hybridized carbons (Fsp3) is 0.0526. The molecule has 7 nitrogen and oxygen atoms in total. The van der Waals surface area contributed by atoms with Gasteiger partial charge < -0.3 is 9.57 Å². The van der Waals surface area contributed by atoms with Gasteiger partial charge in [0.1, 0.15) is 5.15 Å². The third-order valence-corrected chi connectivity index (χ3v) is 4.22. The Morgan fingerprint density at radius 2 is 1.82 bits per heavy atom. The maximum absolute atomic E-state index is 12.0. The lowest BCUT2D eigenvalue weighted by Crippen LogP contribution is -2.06. The summed E-state index contributed by atoms with van der Waals surface area (Å²) in [7, 11) is 1.22. The van der Waals surface area contributed by atoms with Gasteiger partial charge in [-0.1, -0.05) is 52.6 Å². The lowest BCUT2D eigenvalue weighted by molar-refractivity contribution is 0.0519. The van der Waals surface area contributed by atoms with Gasteiger partial charge >= 0.3 is 11.9 Å². The van der Waals surface area contributed by atoms with Gasteiger partial charge in [0, 0.05) is 5.02 Å². The zero-order chi connectivity index (χ0) is 20.1. The van der Waals surface area contributed by atoms with Crippen LogP contribution in [0.25, 0.3) is 5.69 Å². The molecule has 0 bridgehead atoms. The van der Waals surface area contributed by atoms with Crippen molar-refractivity contribution in [2.45, 2.75) is 0 Å². The SMILES string of the molecule is COC(=O)c1nn(-c2ccccc2)c(Cl)c1/C=N\OC(=O)c1cccc(Cl)c1. The van der Waals surface area contributed by atoms with Crippen molar-refractivity contribution in [3.8, 4) is 5.69 Å². The first-order valence-corrected chi connectivity index (χ1v) is 8.69. The van der Waals surface area contributed by atoms with Gasteiger partial charge in [0.2, 0.25) is 0 Å². The van der Waals surface area contributed by atoms with Gasteiger partial charge in [-0.25, -0.2) is 14.3 Å². The number of benzene rings is 2. The molecular weight excluding hydrogens is 405 g/mol. The van der Waals surface area contributed by atoms with Crippen molar-refractivity contribution in [3.63, 3.8) is 0 Å². The highest BCUT2D eigenvalue weighted by molar-refractivity contribution is 6.33. The number of para-hydroxylation sites is 1. The predicted octanol–water partition coefficient (Wildman–Crippen LogP) is 4.16. The number of aromatic nitrogens is 2. The summed E-state index contributed by atoms with van der Waals surface area (Å²) in [6.45, 7) is 0. The zero-order valence-electron chi connectivity index (χ0n) is 14.5. The summed E-state index contributed by atoms with van der Waals surface area (Å²) in [5.74, 6) is -1.43. The van der Waals surface area contributed by atoms with Crippen molar-refractivity contribution in [2.75, 3.05) is 7.11 Å². The van der Waals surface area contributed by atoms with E-state index in [0.717, 1.165) is 6.21 Å². The number of nitrogens with zero attached hydrogens (tertiary/aromatic N) is 3. The highest BCUT2D eigenvalue weighted by atomic mass is 35.5. The van der Waals surface area contributed by atoms with Crippen LogP contribution < -0.4 is 0 Å². The molecule has 28 heavy (non-hydrogen) atoms. The second-order valence-electron chi connectivity index (χ2n) is 5.42. The largest absolute Gasteiger partial charge is 0.464 e. The summed E-state index contributed by atoms with van der Waals surface area (Å²) in [6, 6.07) is 15.2. The number of carbonyl (C=O) groups is 2. The molecule has 0 aliphatic rings. The number of hydrogen-bond donors (Lipinski definition) is 0. The molecule has 142 valence electrons. The van der Waals surface area contributed by atoms with E-state index in [0.29, 0.717) is 10.7 Å². The van der Waals surface area contributed by atoms with Crippen LogP contribution in [0.15, 0.2) is 59.8 Å². The first-order valence-electron chi connectivity index (χ1n) is 7.94. The number of halogens is 2. The van der Waals surface area contributed by atoms with Crippen molar-refractivity contribution < 1.29 is 19.2 Å². The van der Waals surface area contributed by atoms with E-state index in [1.165, 1.54) is 23.9 Å². The van der Waals surface area contributed by atoms with E-state index in [1.807, 2.05) is 6.07 Å². The average molecular weight is 418 g/mol. The Kier molecular flexibility index (Phi) is 6.08. The Labute approximate surface area is 170 Å². The van der Waals surface area contributed by atoms with Crippen molar-refractivity contribution in [3.05, 3.63) is 81.6 Å². The topological polar surface area (TPSA) is 82.8 Å². The molecule has 0 saturated heterocycles. The van der Waals surface area contributed by atoms with Gasteiger partial charge in [-0.3, -0.25) is 0 Å². The van der Waals surface area contributed by atoms with Crippen LogP contribution in [-0.2, 0) is 9.57 Å². The van der Waals surface area contributed by atoms with Crippen LogP contribution in [0.4, 0.5) is 0 Å². The lowest BCUT2D eigenvalue weighted by atomic mass is 10.2. The van der Waals surface area contributed by atoms with Crippen molar-refractivity contribution in [1.82, 2.24) is 9.78 Å². The van der Waals surface area contributed by atoms with Gasteiger partial charge in [0.15, 0.2) is 5.69 Å². The molecule has 2 aromatic carbocycles. The average Bonchev–Trinajstić information content (AvgIpc) is 3.04. The molecule has 0 radical (unpaired) electrons.